The summed E-state index contributed by atoms with van der Waals surface area (Å²) in [5.74, 6) is 0.519. The summed E-state index contributed by atoms with van der Waals surface area (Å²) in [4.78, 5) is 31.4. The second kappa shape index (κ2) is 8.48. The van der Waals surface area contributed by atoms with Crippen molar-refractivity contribution in [1.29, 1.82) is 0 Å². The fourth-order valence-electron chi connectivity index (χ4n) is 3.06. The third-order valence-corrected chi connectivity index (χ3v) is 5.55. The molecule has 2 heterocycles. The number of aromatic nitrogens is 2. The van der Waals surface area contributed by atoms with Crippen molar-refractivity contribution < 1.29 is 4.79 Å². The topological polar surface area (TPSA) is 64.0 Å². The van der Waals surface area contributed by atoms with Crippen LogP contribution in [0, 0.1) is 12.8 Å². The number of nitrogens with one attached hydrogen (secondary N) is 1. The first-order chi connectivity index (χ1) is 13.0. The number of carbonyl (C=O) groups is 1. The van der Waals surface area contributed by atoms with Crippen LogP contribution in [0.25, 0.3) is 21.3 Å². The lowest BCUT2D eigenvalue weighted by atomic mass is 10.0. The van der Waals surface area contributed by atoms with Crippen molar-refractivity contribution in [2.75, 3.05) is 6.54 Å². The van der Waals surface area contributed by atoms with E-state index in [9.17, 15) is 9.59 Å². The van der Waals surface area contributed by atoms with Crippen LogP contribution in [-0.2, 0) is 11.3 Å². The molecule has 0 spiro atoms. The highest BCUT2D eigenvalue weighted by atomic mass is 32.1. The lowest BCUT2D eigenvalue weighted by molar-refractivity contribution is -0.121. The average Bonchev–Trinajstić information content (AvgIpc) is 2.98. The van der Waals surface area contributed by atoms with E-state index in [-0.39, 0.29) is 17.9 Å². The molecule has 1 N–H and O–H groups in total. The van der Waals surface area contributed by atoms with Crippen molar-refractivity contribution in [2.45, 2.75) is 40.2 Å². The second-order valence-electron chi connectivity index (χ2n) is 7.11. The number of hydrogen-bond donors (Lipinski definition) is 1. The lowest BCUT2D eigenvalue weighted by Gasteiger charge is -2.09. The normalized spacial score (nSPS) is 11.3. The number of benzene rings is 1. The van der Waals surface area contributed by atoms with E-state index < -0.39 is 0 Å². The fourth-order valence-corrected chi connectivity index (χ4v) is 4.06. The Balaban J connectivity index is 1.83. The van der Waals surface area contributed by atoms with Crippen molar-refractivity contribution in [3.8, 4) is 11.1 Å². The van der Waals surface area contributed by atoms with Gasteiger partial charge in [-0.3, -0.25) is 14.2 Å². The molecule has 0 aliphatic rings. The summed E-state index contributed by atoms with van der Waals surface area (Å²) < 4.78 is 1.54. The van der Waals surface area contributed by atoms with Crippen LogP contribution in [0.1, 0.15) is 31.6 Å². The molecular formula is C21H25N3O2S. The van der Waals surface area contributed by atoms with E-state index in [0.29, 0.717) is 24.4 Å². The highest BCUT2D eigenvalue weighted by Crippen LogP contribution is 2.35. The van der Waals surface area contributed by atoms with Gasteiger partial charge in [-0.1, -0.05) is 44.2 Å². The standard InChI is InChI=1S/C21H25N3O2S/c1-14(2)9-11-22-17(25)10-12-24-13-23-20-19(21(24)26)18(15(3)27-20)16-7-5-4-6-8-16/h4-8,13-14H,9-12H2,1-3H3,(H,22,25). The number of fused-ring (bicyclic) bond motifs is 1. The van der Waals surface area contributed by atoms with Crippen LogP contribution < -0.4 is 10.9 Å². The largest absolute Gasteiger partial charge is 0.356 e. The molecule has 0 aliphatic carbocycles. The predicted octanol–water partition coefficient (Wildman–Crippen LogP) is 3.99. The molecular weight excluding hydrogens is 358 g/mol. The number of rotatable bonds is 7. The molecule has 0 bridgehead atoms. The van der Waals surface area contributed by atoms with E-state index in [1.165, 1.54) is 11.3 Å². The molecule has 5 nitrogen and oxygen atoms in total. The molecule has 0 fully saturated rings. The molecule has 27 heavy (non-hydrogen) atoms. The zero-order valence-corrected chi connectivity index (χ0v) is 16.8. The van der Waals surface area contributed by atoms with Crippen molar-refractivity contribution in [1.82, 2.24) is 14.9 Å². The Morgan fingerprint density at radius 1 is 1.26 bits per heavy atom. The second-order valence-corrected chi connectivity index (χ2v) is 8.31. The van der Waals surface area contributed by atoms with Crippen molar-refractivity contribution in [3.05, 3.63) is 51.9 Å². The summed E-state index contributed by atoms with van der Waals surface area (Å²) in [6.45, 7) is 7.27. The first kappa shape index (κ1) is 19.3. The van der Waals surface area contributed by atoms with Gasteiger partial charge in [0.2, 0.25) is 5.91 Å². The summed E-state index contributed by atoms with van der Waals surface area (Å²) in [6, 6.07) is 9.91. The van der Waals surface area contributed by atoms with Gasteiger partial charge in [-0.05, 0) is 24.8 Å². The van der Waals surface area contributed by atoms with E-state index in [1.54, 1.807) is 10.9 Å². The Labute approximate surface area is 163 Å². The van der Waals surface area contributed by atoms with Crippen molar-refractivity contribution in [2.24, 2.45) is 5.92 Å². The highest BCUT2D eigenvalue weighted by molar-refractivity contribution is 7.19. The van der Waals surface area contributed by atoms with E-state index >= 15 is 0 Å². The van der Waals surface area contributed by atoms with Crippen LogP contribution in [0.2, 0.25) is 0 Å². The van der Waals surface area contributed by atoms with Crippen LogP contribution in [0.15, 0.2) is 41.5 Å². The molecule has 0 atom stereocenters. The zero-order valence-electron chi connectivity index (χ0n) is 16.0. The molecule has 3 rings (SSSR count). The van der Waals surface area contributed by atoms with Crippen molar-refractivity contribution >= 4 is 27.5 Å². The van der Waals surface area contributed by atoms with Gasteiger partial charge >= 0.3 is 0 Å². The van der Waals surface area contributed by atoms with Gasteiger partial charge in [-0.15, -0.1) is 11.3 Å². The molecule has 0 radical (unpaired) electrons. The Kier molecular flexibility index (Phi) is 6.06. The van der Waals surface area contributed by atoms with Gasteiger partial charge in [-0.25, -0.2) is 4.98 Å². The van der Waals surface area contributed by atoms with E-state index in [2.05, 4.69) is 24.1 Å². The molecule has 1 aromatic carbocycles. The molecule has 0 aliphatic heterocycles. The minimum Gasteiger partial charge on any atom is -0.356 e. The van der Waals surface area contributed by atoms with Crippen LogP contribution in [0.4, 0.5) is 0 Å². The smallest absolute Gasteiger partial charge is 0.262 e. The van der Waals surface area contributed by atoms with Gasteiger partial charge in [0.1, 0.15) is 4.83 Å². The summed E-state index contributed by atoms with van der Waals surface area (Å²) in [5.41, 5.74) is 1.88. The van der Waals surface area contributed by atoms with Gasteiger partial charge in [-0.2, -0.15) is 0 Å². The molecule has 3 aromatic rings. The molecule has 6 heteroatoms. The maximum absolute atomic E-state index is 13.0. The maximum atomic E-state index is 13.0. The zero-order chi connectivity index (χ0) is 19.4. The third kappa shape index (κ3) is 4.45. The summed E-state index contributed by atoms with van der Waals surface area (Å²) >= 11 is 1.53. The molecule has 2 aromatic heterocycles. The van der Waals surface area contributed by atoms with Crippen molar-refractivity contribution in [3.63, 3.8) is 0 Å². The number of aryl methyl sites for hydroxylation is 2. The van der Waals surface area contributed by atoms with Crippen LogP contribution in [0.5, 0.6) is 0 Å². The number of amides is 1. The van der Waals surface area contributed by atoms with Crippen LogP contribution in [-0.4, -0.2) is 22.0 Å². The van der Waals surface area contributed by atoms with Gasteiger partial charge in [0.15, 0.2) is 0 Å². The predicted molar refractivity (Wildman–Crippen MR) is 111 cm³/mol. The quantitative estimate of drug-likeness (QED) is 0.671. The van der Waals surface area contributed by atoms with Gasteiger partial charge < -0.3 is 5.32 Å². The minimum atomic E-state index is -0.0850. The number of hydrogen-bond acceptors (Lipinski definition) is 4. The minimum absolute atomic E-state index is 0.0348. The molecule has 0 saturated carbocycles. The van der Waals surface area contributed by atoms with E-state index in [1.807, 2.05) is 37.3 Å². The SMILES string of the molecule is Cc1sc2ncn(CCC(=O)NCCC(C)C)c(=O)c2c1-c1ccccc1. The highest BCUT2D eigenvalue weighted by Gasteiger charge is 2.17. The van der Waals surface area contributed by atoms with E-state index in [0.717, 1.165) is 27.3 Å². The maximum Gasteiger partial charge on any atom is 0.262 e. The van der Waals surface area contributed by atoms with Gasteiger partial charge in [0, 0.05) is 30.0 Å². The first-order valence-electron chi connectivity index (χ1n) is 9.28. The molecule has 142 valence electrons. The van der Waals surface area contributed by atoms with Crippen LogP contribution in [0.3, 0.4) is 0 Å². The Morgan fingerprint density at radius 3 is 2.70 bits per heavy atom. The third-order valence-electron chi connectivity index (χ3n) is 4.54. The lowest BCUT2D eigenvalue weighted by Crippen LogP contribution is -2.28. The fraction of sp³-hybridized carbons (Fsp3) is 0.381. The Morgan fingerprint density at radius 2 is 2.00 bits per heavy atom. The molecule has 1 amide bonds. The van der Waals surface area contributed by atoms with Gasteiger partial charge in [0.05, 0.1) is 11.7 Å². The molecule has 0 unspecified atom stereocenters. The average molecular weight is 384 g/mol. The Hall–Kier alpha value is -2.47. The van der Waals surface area contributed by atoms with Gasteiger partial charge in [0.25, 0.3) is 5.56 Å². The Bertz CT molecular complexity index is 990. The number of nitrogens with zero attached hydrogens (tertiary/aromatic N) is 2. The summed E-state index contributed by atoms with van der Waals surface area (Å²) in [5, 5.41) is 3.55. The first-order valence-corrected chi connectivity index (χ1v) is 10.1. The summed E-state index contributed by atoms with van der Waals surface area (Å²) in [6.07, 6.45) is 2.78. The molecule has 0 saturated heterocycles. The number of carbonyl (C=O) groups excluding carboxylic acids is 1. The van der Waals surface area contributed by atoms with Crippen LogP contribution >= 0.6 is 11.3 Å². The summed E-state index contributed by atoms with van der Waals surface area (Å²) in [7, 11) is 0. The monoisotopic (exact) mass is 383 g/mol. The van der Waals surface area contributed by atoms with E-state index in [4.69, 9.17) is 0 Å². The number of thiophene rings is 1.